The summed E-state index contributed by atoms with van der Waals surface area (Å²) in [5.41, 5.74) is 1.63. The van der Waals surface area contributed by atoms with E-state index < -0.39 is 0 Å². The summed E-state index contributed by atoms with van der Waals surface area (Å²) in [6.07, 6.45) is 0. The largest absolute Gasteiger partial charge is 0.321 e. The molecule has 1 N–H and O–H groups in total. The maximum atomic E-state index is 11.9. The van der Waals surface area contributed by atoms with Gasteiger partial charge in [-0.15, -0.1) is 11.3 Å². The van der Waals surface area contributed by atoms with Crippen molar-refractivity contribution < 1.29 is 4.79 Å². The van der Waals surface area contributed by atoms with Gasteiger partial charge in [-0.05, 0) is 36.1 Å². The predicted octanol–water partition coefficient (Wildman–Crippen LogP) is 4.62. The Morgan fingerprint density at radius 1 is 1.24 bits per heavy atom. The minimum absolute atomic E-state index is 0.218. The fourth-order valence-corrected chi connectivity index (χ4v) is 2.53. The molecule has 1 aromatic heterocycles. The molecule has 0 bridgehead atoms. The molecule has 0 unspecified atom stereocenters. The molecule has 0 aliphatic rings. The molecule has 1 amide bonds. The Hall–Kier alpha value is -1.03. The summed E-state index contributed by atoms with van der Waals surface area (Å²) >= 11 is 13.2. The maximum absolute atomic E-state index is 11.9. The Bertz CT molecular complexity index is 565. The van der Waals surface area contributed by atoms with Crippen molar-refractivity contribution in [1.82, 2.24) is 0 Å². The molecule has 5 heteroatoms. The van der Waals surface area contributed by atoms with Crippen LogP contribution in [0.3, 0.4) is 0 Å². The average molecular weight is 286 g/mol. The summed E-state index contributed by atoms with van der Waals surface area (Å²) in [6.45, 7) is 1.91. The average Bonchev–Trinajstić information content (AvgIpc) is 2.70. The first-order valence-electron chi connectivity index (χ1n) is 4.88. The van der Waals surface area contributed by atoms with Gasteiger partial charge in [0.2, 0.25) is 0 Å². The van der Waals surface area contributed by atoms with Gasteiger partial charge in [-0.1, -0.05) is 29.3 Å². The zero-order valence-corrected chi connectivity index (χ0v) is 11.3. The highest BCUT2D eigenvalue weighted by molar-refractivity contribution is 7.12. The minimum atomic E-state index is -0.218. The Balaban J connectivity index is 2.19. The molecule has 0 aliphatic heterocycles. The lowest BCUT2D eigenvalue weighted by Gasteiger charge is -2.05. The SMILES string of the molecule is Cc1ccc(NC(=O)c2sccc2Cl)cc1Cl. The molecule has 0 fully saturated rings. The van der Waals surface area contributed by atoms with Gasteiger partial charge < -0.3 is 5.32 Å². The van der Waals surface area contributed by atoms with Gasteiger partial charge in [-0.25, -0.2) is 0 Å². The van der Waals surface area contributed by atoms with E-state index in [1.54, 1.807) is 23.6 Å². The third-order valence-corrected chi connectivity index (χ3v) is 4.00. The van der Waals surface area contributed by atoms with E-state index in [1.165, 1.54) is 11.3 Å². The van der Waals surface area contributed by atoms with Crippen LogP contribution in [0.1, 0.15) is 15.2 Å². The molecule has 88 valence electrons. The molecule has 2 aromatic rings. The van der Waals surface area contributed by atoms with E-state index in [0.29, 0.717) is 20.6 Å². The number of amides is 1. The second kappa shape index (κ2) is 5.08. The van der Waals surface area contributed by atoms with Crippen LogP contribution < -0.4 is 5.32 Å². The summed E-state index contributed by atoms with van der Waals surface area (Å²) in [4.78, 5) is 12.4. The fraction of sp³-hybridized carbons (Fsp3) is 0.0833. The molecule has 17 heavy (non-hydrogen) atoms. The number of thiophene rings is 1. The van der Waals surface area contributed by atoms with Crippen LogP contribution in [0.25, 0.3) is 0 Å². The third kappa shape index (κ3) is 2.80. The quantitative estimate of drug-likeness (QED) is 0.857. The van der Waals surface area contributed by atoms with E-state index in [0.717, 1.165) is 5.56 Å². The number of hydrogen-bond acceptors (Lipinski definition) is 2. The Morgan fingerprint density at radius 2 is 2.00 bits per heavy atom. The summed E-state index contributed by atoms with van der Waals surface area (Å²) in [5, 5.41) is 5.62. The van der Waals surface area contributed by atoms with Gasteiger partial charge in [0, 0.05) is 10.7 Å². The van der Waals surface area contributed by atoms with Crippen molar-refractivity contribution >= 4 is 46.1 Å². The number of hydrogen-bond donors (Lipinski definition) is 1. The van der Waals surface area contributed by atoms with E-state index in [4.69, 9.17) is 23.2 Å². The van der Waals surface area contributed by atoms with Crippen LogP contribution in [-0.2, 0) is 0 Å². The van der Waals surface area contributed by atoms with Crippen LogP contribution in [0, 0.1) is 6.92 Å². The Kier molecular flexibility index (Phi) is 3.72. The molecule has 0 saturated heterocycles. The molecule has 0 spiro atoms. The number of benzene rings is 1. The maximum Gasteiger partial charge on any atom is 0.267 e. The van der Waals surface area contributed by atoms with Gasteiger partial charge in [0.05, 0.1) is 5.02 Å². The zero-order chi connectivity index (χ0) is 12.4. The van der Waals surface area contributed by atoms with Crippen molar-refractivity contribution in [2.45, 2.75) is 6.92 Å². The summed E-state index contributed by atoms with van der Waals surface area (Å²) in [5.74, 6) is -0.218. The van der Waals surface area contributed by atoms with Gasteiger partial charge in [-0.3, -0.25) is 4.79 Å². The summed E-state index contributed by atoms with van der Waals surface area (Å²) < 4.78 is 0. The van der Waals surface area contributed by atoms with Crippen molar-refractivity contribution in [3.8, 4) is 0 Å². The van der Waals surface area contributed by atoms with E-state index in [-0.39, 0.29) is 5.91 Å². The highest BCUT2D eigenvalue weighted by Crippen LogP contribution is 2.24. The van der Waals surface area contributed by atoms with E-state index >= 15 is 0 Å². The number of carbonyl (C=O) groups excluding carboxylic acids is 1. The lowest BCUT2D eigenvalue weighted by molar-refractivity contribution is 0.103. The summed E-state index contributed by atoms with van der Waals surface area (Å²) in [7, 11) is 0. The normalized spacial score (nSPS) is 10.3. The monoisotopic (exact) mass is 285 g/mol. The number of nitrogens with one attached hydrogen (secondary N) is 1. The minimum Gasteiger partial charge on any atom is -0.321 e. The number of rotatable bonds is 2. The first kappa shape index (κ1) is 12.4. The lowest BCUT2D eigenvalue weighted by Crippen LogP contribution is -2.10. The van der Waals surface area contributed by atoms with Crippen molar-refractivity contribution in [1.29, 1.82) is 0 Å². The molecule has 0 saturated carbocycles. The Morgan fingerprint density at radius 3 is 2.59 bits per heavy atom. The molecule has 0 aliphatic carbocycles. The van der Waals surface area contributed by atoms with E-state index in [2.05, 4.69) is 5.32 Å². The van der Waals surface area contributed by atoms with Crippen LogP contribution >= 0.6 is 34.5 Å². The number of carbonyl (C=O) groups is 1. The standard InChI is InChI=1S/C12H9Cl2NOS/c1-7-2-3-8(6-10(7)14)15-12(16)11-9(13)4-5-17-11/h2-6H,1H3,(H,15,16). The first-order chi connectivity index (χ1) is 8.08. The van der Waals surface area contributed by atoms with Crippen LogP contribution in [0.2, 0.25) is 10.0 Å². The smallest absolute Gasteiger partial charge is 0.267 e. The van der Waals surface area contributed by atoms with Gasteiger partial charge in [0.25, 0.3) is 5.91 Å². The van der Waals surface area contributed by atoms with Crippen LogP contribution in [0.4, 0.5) is 5.69 Å². The van der Waals surface area contributed by atoms with Crippen molar-refractivity contribution in [3.05, 3.63) is 50.1 Å². The highest BCUT2D eigenvalue weighted by Gasteiger charge is 2.12. The summed E-state index contributed by atoms with van der Waals surface area (Å²) in [6, 6.07) is 7.08. The van der Waals surface area contributed by atoms with Crippen molar-refractivity contribution in [2.24, 2.45) is 0 Å². The van der Waals surface area contributed by atoms with Gasteiger partial charge >= 0.3 is 0 Å². The highest BCUT2D eigenvalue weighted by atomic mass is 35.5. The second-order valence-corrected chi connectivity index (χ2v) is 5.25. The van der Waals surface area contributed by atoms with E-state index in [9.17, 15) is 4.79 Å². The van der Waals surface area contributed by atoms with Crippen LogP contribution in [-0.4, -0.2) is 5.91 Å². The molecule has 1 heterocycles. The topological polar surface area (TPSA) is 29.1 Å². The van der Waals surface area contributed by atoms with Crippen LogP contribution in [0.5, 0.6) is 0 Å². The molecular formula is C12H9Cl2NOS. The Labute approximate surface area is 113 Å². The van der Waals surface area contributed by atoms with Gasteiger partial charge in [0.1, 0.15) is 4.88 Å². The van der Waals surface area contributed by atoms with Crippen molar-refractivity contribution in [3.63, 3.8) is 0 Å². The van der Waals surface area contributed by atoms with Crippen molar-refractivity contribution in [2.75, 3.05) is 5.32 Å². The van der Waals surface area contributed by atoms with Gasteiger partial charge in [-0.2, -0.15) is 0 Å². The second-order valence-electron chi connectivity index (χ2n) is 3.52. The first-order valence-corrected chi connectivity index (χ1v) is 6.52. The molecule has 0 radical (unpaired) electrons. The predicted molar refractivity (Wildman–Crippen MR) is 73.5 cm³/mol. The molecule has 1 aromatic carbocycles. The lowest BCUT2D eigenvalue weighted by atomic mass is 10.2. The zero-order valence-electron chi connectivity index (χ0n) is 8.96. The molecule has 2 nitrogen and oxygen atoms in total. The van der Waals surface area contributed by atoms with Crippen LogP contribution in [0.15, 0.2) is 29.6 Å². The molecule has 0 atom stereocenters. The number of anilines is 1. The van der Waals surface area contributed by atoms with Gasteiger partial charge in [0.15, 0.2) is 0 Å². The number of aryl methyl sites for hydroxylation is 1. The fourth-order valence-electron chi connectivity index (χ4n) is 1.31. The third-order valence-electron chi connectivity index (χ3n) is 2.25. The van der Waals surface area contributed by atoms with E-state index in [1.807, 2.05) is 13.0 Å². The number of halogens is 2. The molecular weight excluding hydrogens is 277 g/mol. The molecule has 2 rings (SSSR count).